The summed E-state index contributed by atoms with van der Waals surface area (Å²) in [5.41, 5.74) is 2.81. The fourth-order valence-corrected chi connectivity index (χ4v) is 2.68. The number of aromatic nitrogens is 2. The summed E-state index contributed by atoms with van der Waals surface area (Å²) >= 11 is 0. The summed E-state index contributed by atoms with van der Waals surface area (Å²) in [5.74, 6) is 1.50. The van der Waals surface area contributed by atoms with E-state index in [0.717, 1.165) is 29.2 Å². The second kappa shape index (κ2) is 7.57. The van der Waals surface area contributed by atoms with E-state index in [2.05, 4.69) is 14.9 Å². The number of fused-ring (bicyclic) bond motifs is 1. The Bertz CT molecular complexity index is 742. The number of hydrogen-bond donors (Lipinski definition) is 1. The van der Waals surface area contributed by atoms with Crippen molar-refractivity contribution in [2.24, 2.45) is 0 Å². The number of nitrogens with one attached hydrogen (secondary N) is 1. The summed E-state index contributed by atoms with van der Waals surface area (Å²) < 4.78 is 10.7. The topological polar surface area (TPSA) is 70.7 Å². The largest absolute Gasteiger partial charge is 0.454 e. The van der Waals surface area contributed by atoms with E-state index in [1.165, 1.54) is 0 Å². The van der Waals surface area contributed by atoms with Crippen molar-refractivity contribution in [3.63, 3.8) is 0 Å². The van der Waals surface area contributed by atoms with Crippen molar-refractivity contribution in [3.05, 3.63) is 41.5 Å². The second-order valence-electron chi connectivity index (χ2n) is 6.46. The number of ether oxygens (including phenoxy) is 2. The molecule has 0 radical (unpaired) electrons. The molecular weight excluding hydrogens is 320 g/mol. The molecule has 1 aromatic heterocycles. The molecule has 0 unspecified atom stereocenters. The van der Waals surface area contributed by atoms with Crippen LogP contribution in [0.15, 0.2) is 24.5 Å². The number of carbonyl (C=O) groups is 1. The first-order chi connectivity index (χ1) is 12.0. The first kappa shape index (κ1) is 17.3. The molecule has 0 saturated heterocycles. The number of imidazole rings is 1. The standard InChI is InChI=1S/C18H24N4O3/c1-13-15(20-11-19-13)10-22(7-6-21(2)3)18(23)9-14-4-5-16-17(8-14)25-12-24-16/h4-5,8,11H,6-7,9-10,12H2,1-3H3,(H,19,20). The third-order valence-electron chi connectivity index (χ3n) is 4.24. The van der Waals surface area contributed by atoms with Gasteiger partial charge in [0.05, 0.1) is 25.0 Å². The van der Waals surface area contributed by atoms with Crippen molar-refractivity contribution in [3.8, 4) is 11.5 Å². The lowest BCUT2D eigenvalue weighted by molar-refractivity contribution is -0.131. The van der Waals surface area contributed by atoms with Crippen LogP contribution in [0.1, 0.15) is 17.0 Å². The molecule has 1 aliphatic rings. The van der Waals surface area contributed by atoms with Gasteiger partial charge in [0.1, 0.15) is 0 Å². The Labute approximate surface area is 147 Å². The Morgan fingerprint density at radius 1 is 1.24 bits per heavy atom. The molecule has 7 heteroatoms. The highest BCUT2D eigenvalue weighted by atomic mass is 16.7. The molecule has 0 fully saturated rings. The summed E-state index contributed by atoms with van der Waals surface area (Å²) in [6.45, 7) is 4.17. The van der Waals surface area contributed by atoms with Crippen molar-refractivity contribution in [2.75, 3.05) is 34.0 Å². The van der Waals surface area contributed by atoms with Crippen LogP contribution in [0.2, 0.25) is 0 Å². The summed E-state index contributed by atoms with van der Waals surface area (Å²) in [6.07, 6.45) is 1.99. The Morgan fingerprint density at radius 3 is 2.76 bits per heavy atom. The number of aromatic amines is 1. The molecule has 1 N–H and O–H groups in total. The Kier molecular flexibility index (Phi) is 5.23. The van der Waals surface area contributed by atoms with E-state index in [0.29, 0.717) is 25.3 Å². The molecule has 1 aromatic carbocycles. The SMILES string of the molecule is Cc1[nH]cnc1CN(CCN(C)C)C(=O)Cc1ccc2c(c1)OCO2. The number of H-pyrrole nitrogens is 1. The Balaban J connectivity index is 1.70. The van der Waals surface area contributed by atoms with Gasteiger partial charge >= 0.3 is 0 Å². The molecule has 1 aliphatic heterocycles. The quantitative estimate of drug-likeness (QED) is 0.826. The van der Waals surface area contributed by atoms with E-state index in [-0.39, 0.29) is 12.7 Å². The smallest absolute Gasteiger partial charge is 0.231 e. The summed E-state index contributed by atoms with van der Waals surface area (Å²) in [4.78, 5) is 24.2. The van der Waals surface area contributed by atoms with E-state index < -0.39 is 0 Å². The van der Waals surface area contributed by atoms with Gasteiger partial charge in [0.15, 0.2) is 11.5 Å². The van der Waals surface area contributed by atoms with Crippen LogP contribution in [-0.2, 0) is 17.8 Å². The van der Waals surface area contributed by atoms with Crippen LogP contribution < -0.4 is 9.47 Å². The molecule has 0 atom stereocenters. The highest BCUT2D eigenvalue weighted by Crippen LogP contribution is 2.32. The predicted molar refractivity (Wildman–Crippen MR) is 93.6 cm³/mol. The first-order valence-corrected chi connectivity index (χ1v) is 8.33. The van der Waals surface area contributed by atoms with Crippen LogP contribution >= 0.6 is 0 Å². The van der Waals surface area contributed by atoms with Gasteiger partial charge < -0.3 is 24.3 Å². The van der Waals surface area contributed by atoms with E-state index in [1.807, 2.05) is 44.1 Å². The Morgan fingerprint density at radius 2 is 2.04 bits per heavy atom. The molecule has 0 saturated carbocycles. The van der Waals surface area contributed by atoms with Crippen molar-refractivity contribution in [1.29, 1.82) is 0 Å². The van der Waals surface area contributed by atoms with Gasteiger partial charge in [0, 0.05) is 18.8 Å². The number of likely N-dealkylation sites (N-methyl/N-ethyl adjacent to an activating group) is 1. The molecule has 0 aliphatic carbocycles. The minimum absolute atomic E-state index is 0.0723. The minimum Gasteiger partial charge on any atom is -0.454 e. The number of aryl methyl sites for hydroxylation is 1. The normalized spacial score (nSPS) is 12.6. The van der Waals surface area contributed by atoms with E-state index >= 15 is 0 Å². The lowest BCUT2D eigenvalue weighted by Crippen LogP contribution is -2.37. The maximum atomic E-state index is 12.9. The van der Waals surface area contributed by atoms with Crippen LogP contribution in [0.5, 0.6) is 11.5 Å². The molecule has 3 rings (SSSR count). The summed E-state index contributed by atoms with van der Waals surface area (Å²) in [6, 6.07) is 5.65. The average Bonchev–Trinajstić information content (AvgIpc) is 3.19. The number of benzene rings is 1. The molecule has 2 aromatic rings. The van der Waals surface area contributed by atoms with Crippen LogP contribution in [0.3, 0.4) is 0 Å². The zero-order chi connectivity index (χ0) is 17.8. The molecule has 0 spiro atoms. The van der Waals surface area contributed by atoms with Gasteiger partial charge in [0.25, 0.3) is 0 Å². The zero-order valence-corrected chi connectivity index (χ0v) is 14.9. The van der Waals surface area contributed by atoms with Crippen molar-refractivity contribution >= 4 is 5.91 Å². The molecule has 0 bridgehead atoms. The molecular formula is C18H24N4O3. The number of amides is 1. The van der Waals surface area contributed by atoms with Crippen LogP contribution in [0, 0.1) is 6.92 Å². The number of nitrogens with zero attached hydrogens (tertiary/aromatic N) is 3. The zero-order valence-electron chi connectivity index (χ0n) is 14.9. The van der Waals surface area contributed by atoms with Crippen LogP contribution in [0.4, 0.5) is 0 Å². The maximum absolute atomic E-state index is 12.9. The van der Waals surface area contributed by atoms with Gasteiger partial charge in [-0.25, -0.2) is 4.98 Å². The number of hydrogen-bond acceptors (Lipinski definition) is 5. The fourth-order valence-electron chi connectivity index (χ4n) is 2.68. The lowest BCUT2D eigenvalue weighted by Gasteiger charge is -2.24. The molecule has 134 valence electrons. The first-order valence-electron chi connectivity index (χ1n) is 8.33. The van der Waals surface area contributed by atoms with E-state index in [9.17, 15) is 4.79 Å². The third kappa shape index (κ3) is 4.30. The minimum atomic E-state index is 0.0723. The van der Waals surface area contributed by atoms with E-state index in [1.54, 1.807) is 6.33 Å². The van der Waals surface area contributed by atoms with E-state index in [4.69, 9.17) is 9.47 Å². The van der Waals surface area contributed by atoms with Gasteiger partial charge in [-0.2, -0.15) is 0 Å². The second-order valence-corrected chi connectivity index (χ2v) is 6.46. The third-order valence-corrected chi connectivity index (χ3v) is 4.24. The maximum Gasteiger partial charge on any atom is 0.231 e. The number of carbonyl (C=O) groups excluding carboxylic acids is 1. The average molecular weight is 344 g/mol. The van der Waals surface area contributed by atoms with Gasteiger partial charge in [-0.1, -0.05) is 6.07 Å². The summed E-state index contributed by atoms with van der Waals surface area (Å²) in [7, 11) is 4.00. The van der Waals surface area contributed by atoms with Gasteiger partial charge in [-0.15, -0.1) is 0 Å². The Hall–Kier alpha value is -2.54. The van der Waals surface area contributed by atoms with Gasteiger partial charge in [-0.3, -0.25) is 4.79 Å². The number of rotatable bonds is 7. The van der Waals surface area contributed by atoms with Gasteiger partial charge in [0.2, 0.25) is 12.7 Å². The monoisotopic (exact) mass is 344 g/mol. The molecule has 25 heavy (non-hydrogen) atoms. The van der Waals surface area contributed by atoms with Crippen molar-refractivity contribution < 1.29 is 14.3 Å². The summed E-state index contributed by atoms with van der Waals surface area (Å²) in [5, 5.41) is 0. The van der Waals surface area contributed by atoms with Gasteiger partial charge in [-0.05, 0) is 38.7 Å². The fraction of sp³-hybridized carbons (Fsp3) is 0.444. The van der Waals surface area contributed by atoms with Crippen molar-refractivity contribution in [2.45, 2.75) is 19.9 Å². The van der Waals surface area contributed by atoms with Crippen molar-refractivity contribution in [1.82, 2.24) is 19.8 Å². The highest BCUT2D eigenvalue weighted by molar-refractivity contribution is 5.79. The van der Waals surface area contributed by atoms with Crippen LogP contribution in [-0.4, -0.2) is 59.7 Å². The van der Waals surface area contributed by atoms with Crippen LogP contribution in [0.25, 0.3) is 0 Å². The highest BCUT2D eigenvalue weighted by Gasteiger charge is 2.19. The molecule has 1 amide bonds. The molecule has 7 nitrogen and oxygen atoms in total. The predicted octanol–water partition coefficient (Wildman–Crippen LogP) is 1.58. The lowest BCUT2D eigenvalue weighted by atomic mass is 10.1. The molecule has 2 heterocycles.